The van der Waals surface area contributed by atoms with E-state index in [1.807, 2.05) is 0 Å². The molecule has 1 aromatic rings. The Hall–Kier alpha value is -0.590. The minimum absolute atomic E-state index is 0.546. The van der Waals surface area contributed by atoms with Crippen molar-refractivity contribution in [1.29, 1.82) is 0 Å². The molecule has 0 aliphatic carbocycles. The van der Waals surface area contributed by atoms with E-state index in [1.165, 1.54) is 0 Å². The molecule has 0 fully saturated rings. The Morgan fingerprint density at radius 2 is 2.06 bits per heavy atom. The lowest BCUT2D eigenvalue weighted by molar-refractivity contribution is 0.112. The number of carbonyl (C=O) groups excluding carboxylic acids is 1. The molecule has 0 radical (unpaired) electrons. The third kappa shape index (κ3) is 2.96. The van der Waals surface area contributed by atoms with Crippen LogP contribution in [0.4, 0.5) is 0 Å². The van der Waals surface area contributed by atoms with E-state index in [0.29, 0.717) is 28.4 Å². The lowest BCUT2D eigenvalue weighted by atomic mass is 10.2. The molecular formula is C7H5ClN3O2P3. The molecule has 0 saturated carbocycles. The third-order valence-corrected chi connectivity index (χ3v) is 6.53. The Morgan fingerprint density at radius 1 is 1.31 bits per heavy atom. The monoisotopic (exact) mass is 291 g/mol. The van der Waals surface area contributed by atoms with E-state index in [-0.39, 0.29) is 0 Å². The van der Waals surface area contributed by atoms with Gasteiger partial charge >= 0.3 is 6.78 Å². The normalized spacial score (nSPS) is 24.6. The number of hydrogen-bond donors (Lipinski definition) is 0. The van der Waals surface area contributed by atoms with Crippen LogP contribution in [-0.2, 0) is 0 Å². The zero-order chi connectivity index (χ0) is 11.4. The predicted octanol–water partition coefficient (Wildman–Crippen LogP) is 5.17. The first-order chi connectivity index (χ1) is 7.72. The Morgan fingerprint density at radius 3 is 2.62 bits per heavy atom. The van der Waals surface area contributed by atoms with Crippen LogP contribution in [0.5, 0.6) is 5.75 Å². The molecule has 0 amide bonds. The molecule has 1 heterocycles. The fraction of sp³-hybridized carbons (Fsp3) is 0. The van der Waals surface area contributed by atoms with Crippen molar-refractivity contribution in [3.8, 4) is 5.75 Å². The van der Waals surface area contributed by atoms with Crippen molar-refractivity contribution in [3.63, 3.8) is 0 Å². The molecule has 0 spiro atoms. The van der Waals surface area contributed by atoms with E-state index in [1.54, 1.807) is 24.3 Å². The maximum atomic E-state index is 10.5. The topological polar surface area (TPSA) is 63.4 Å². The van der Waals surface area contributed by atoms with E-state index < -0.39 is 6.78 Å². The van der Waals surface area contributed by atoms with Crippen molar-refractivity contribution >= 4 is 41.4 Å². The summed E-state index contributed by atoms with van der Waals surface area (Å²) in [4.78, 5) is 10.5. The molecule has 9 heteroatoms. The lowest BCUT2D eigenvalue weighted by Crippen LogP contribution is -1.85. The van der Waals surface area contributed by atoms with Gasteiger partial charge in [-0.25, -0.2) is 0 Å². The average molecular weight is 292 g/mol. The Kier molecular flexibility index (Phi) is 3.83. The molecule has 82 valence electrons. The minimum atomic E-state index is -2.59. The van der Waals surface area contributed by atoms with Gasteiger partial charge in [0.15, 0.2) is 17.0 Å². The van der Waals surface area contributed by atoms with Gasteiger partial charge in [-0.2, -0.15) is 13.5 Å². The van der Waals surface area contributed by atoms with Gasteiger partial charge in [0.05, 0.1) is 0 Å². The van der Waals surface area contributed by atoms with Crippen LogP contribution in [0, 0.1) is 0 Å². The van der Waals surface area contributed by atoms with E-state index in [0.717, 1.165) is 6.29 Å². The molecular weight excluding hydrogens is 286 g/mol. The highest BCUT2D eigenvalue weighted by Crippen LogP contribution is 2.63. The zero-order valence-corrected chi connectivity index (χ0v) is 11.2. The standard InChI is InChI=1S/C7H5ClN3O2P3/c8-16(10-14-9-15-11-16)13-7-3-1-6(5-12)2-4-7/h1-5H. The summed E-state index contributed by atoms with van der Waals surface area (Å²) in [6.07, 6.45) is 0.765. The van der Waals surface area contributed by atoms with E-state index in [2.05, 4.69) is 13.5 Å². The van der Waals surface area contributed by atoms with Crippen LogP contribution in [0.1, 0.15) is 10.4 Å². The van der Waals surface area contributed by atoms with Crippen molar-refractivity contribution in [3.05, 3.63) is 29.8 Å². The molecule has 0 N–H and O–H groups in total. The summed E-state index contributed by atoms with van der Waals surface area (Å²) in [5.74, 6) is 0.550. The van der Waals surface area contributed by atoms with Crippen molar-refractivity contribution in [1.82, 2.24) is 0 Å². The minimum Gasteiger partial charge on any atom is -0.430 e. The van der Waals surface area contributed by atoms with Gasteiger partial charge in [0.2, 0.25) is 0 Å². The highest BCUT2D eigenvalue weighted by molar-refractivity contribution is 7.90. The van der Waals surface area contributed by atoms with Crippen LogP contribution in [-0.4, -0.2) is 6.29 Å². The van der Waals surface area contributed by atoms with Crippen LogP contribution in [0.25, 0.3) is 0 Å². The highest BCUT2D eigenvalue weighted by atomic mass is 35.7. The van der Waals surface area contributed by atoms with Crippen molar-refractivity contribution in [2.24, 2.45) is 13.5 Å². The molecule has 16 heavy (non-hydrogen) atoms. The Bertz CT molecular complexity index is 514. The molecule has 1 aliphatic heterocycles. The Balaban J connectivity index is 2.21. The van der Waals surface area contributed by atoms with Crippen LogP contribution in [0.3, 0.4) is 0 Å². The van der Waals surface area contributed by atoms with Crippen LogP contribution >= 0.6 is 35.1 Å². The number of carbonyl (C=O) groups is 1. The fourth-order valence-corrected chi connectivity index (χ4v) is 4.74. The average Bonchev–Trinajstić information content (AvgIpc) is 2.30. The molecule has 1 aromatic carbocycles. The van der Waals surface area contributed by atoms with Gasteiger partial charge in [0, 0.05) is 5.56 Å². The molecule has 2 rings (SSSR count). The van der Waals surface area contributed by atoms with E-state index in [9.17, 15) is 4.79 Å². The van der Waals surface area contributed by atoms with E-state index >= 15 is 0 Å². The SMILES string of the molecule is O=Cc1ccc(OP2(Cl)=NP=NP=N2)cc1. The number of benzene rings is 1. The van der Waals surface area contributed by atoms with Crippen molar-refractivity contribution < 1.29 is 9.32 Å². The number of rotatable bonds is 3. The molecule has 1 aliphatic rings. The summed E-state index contributed by atoms with van der Waals surface area (Å²) in [5.41, 5.74) is 0.582. The first kappa shape index (κ1) is 11.9. The van der Waals surface area contributed by atoms with Gasteiger partial charge in [0.25, 0.3) is 0 Å². The summed E-state index contributed by atoms with van der Waals surface area (Å²) in [6.45, 7) is -2.59. The number of aldehydes is 1. The number of halogens is 1. The third-order valence-electron chi connectivity index (χ3n) is 1.62. The second-order valence-electron chi connectivity index (χ2n) is 2.70. The second kappa shape index (κ2) is 5.16. The van der Waals surface area contributed by atoms with E-state index in [4.69, 9.17) is 15.8 Å². The molecule has 0 aromatic heterocycles. The smallest absolute Gasteiger partial charge is 0.356 e. The lowest BCUT2D eigenvalue weighted by Gasteiger charge is -2.12. The molecule has 1 unspecified atom stereocenters. The second-order valence-corrected chi connectivity index (χ2v) is 7.65. The number of hydrogen-bond acceptors (Lipinski definition) is 5. The first-order valence-electron chi connectivity index (χ1n) is 4.10. The maximum Gasteiger partial charge on any atom is 0.356 e. The van der Waals surface area contributed by atoms with Gasteiger partial charge < -0.3 is 4.52 Å². The predicted molar refractivity (Wildman–Crippen MR) is 66.4 cm³/mol. The summed E-state index contributed by atoms with van der Waals surface area (Å²) in [5, 5.41) is 0. The summed E-state index contributed by atoms with van der Waals surface area (Å²) in [7, 11) is 1.09. The maximum absolute atomic E-state index is 10.5. The molecule has 0 saturated heterocycles. The summed E-state index contributed by atoms with van der Waals surface area (Å²) >= 11 is 6.10. The van der Waals surface area contributed by atoms with Gasteiger partial charge in [0.1, 0.15) is 12.0 Å². The van der Waals surface area contributed by atoms with Gasteiger partial charge in [-0.05, 0) is 35.5 Å². The zero-order valence-electron chi connectivity index (χ0n) is 7.76. The highest BCUT2D eigenvalue weighted by Gasteiger charge is 2.18. The Labute approximate surface area is 100 Å². The van der Waals surface area contributed by atoms with Gasteiger partial charge in [-0.3, -0.25) is 4.79 Å². The first-order valence-corrected chi connectivity index (χ1v) is 8.22. The summed E-state index contributed by atoms with van der Waals surface area (Å²) in [6, 6.07) is 6.63. The molecule has 5 nitrogen and oxygen atoms in total. The summed E-state index contributed by atoms with van der Waals surface area (Å²) < 4.78 is 17.4. The van der Waals surface area contributed by atoms with Gasteiger partial charge in [-0.15, -0.1) is 0 Å². The van der Waals surface area contributed by atoms with Crippen LogP contribution < -0.4 is 4.52 Å². The van der Waals surface area contributed by atoms with Crippen LogP contribution in [0.15, 0.2) is 37.8 Å². The molecule has 0 bridgehead atoms. The van der Waals surface area contributed by atoms with Crippen LogP contribution in [0.2, 0.25) is 0 Å². The van der Waals surface area contributed by atoms with Gasteiger partial charge in [-0.1, -0.05) is 0 Å². The largest absolute Gasteiger partial charge is 0.430 e. The quantitative estimate of drug-likeness (QED) is 0.570. The molecule has 1 atom stereocenters. The van der Waals surface area contributed by atoms with Crippen molar-refractivity contribution in [2.45, 2.75) is 0 Å². The van der Waals surface area contributed by atoms with Crippen molar-refractivity contribution in [2.75, 3.05) is 0 Å². The number of nitrogens with zero attached hydrogens (tertiary/aromatic N) is 3. The fourth-order valence-electron chi connectivity index (χ4n) is 0.948.